The van der Waals surface area contributed by atoms with Crippen LogP contribution in [-0.2, 0) is 13.1 Å². The van der Waals surface area contributed by atoms with E-state index in [1.54, 1.807) is 29.0 Å². The molecule has 36 heavy (non-hydrogen) atoms. The third-order valence-corrected chi connectivity index (χ3v) is 5.89. The molecule has 5 rings (SSSR count). The zero-order chi connectivity index (χ0) is 25.1. The lowest BCUT2D eigenvalue weighted by atomic mass is 10.1. The molecular weight excluding hydrogens is 458 g/mol. The van der Waals surface area contributed by atoms with Gasteiger partial charge in [0, 0.05) is 18.7 Å². The first-order valence-electron chi connectivity index (χ1n) is 11.5. The van der Waals surface area contributed by atoms with Gasteiger partial charge in [0.25, 0.3) is 5.91 Å². The number of nitrogens with zero attached hydrogens (tertiary/aromatic N) is 5. The van der Waals surface area contributed by atoms with Gasteiger partial charge in [-0.1, -0.05) is 42.5 Å². The van der Waals surface area contributed by atoms with Crippen LogP contribution in [0.15, 0.2) is 71.8 Å². The Hall–Kier alpha value is -4.57. The van der Waals surface area contributed by atoms with Gasteiger partial charge in [0.15, 0.2) is 17.6 Å². The van der Waals surface area contributed by atoms with Crippen molar-refractivity contribution in [2.45, 2.75) is 32.5 Å². The first-order valence-corrected chi connectivity index (χ1v) is 11.5. The number of hydrogen-bond donors (Lipinski definition) is 3. The van der Waals surface area contributed by atoms with Crippen molar-refractivity contribution in [3.63, 3.8) is 0 Å². The van der Waals surface area contributed by atoms with E-state index in [4.69, 9.17) is 15.2 Å². The van der Waals surface area contributed by atoms with Gasteiger partial charge < -0.3 is 20.6 Å². The summed E-state index contributed by atoms with van der Waals surface area (Å²) < 4.78 is 7.10. The summed E-state index contributed by atoms with van der Waals surface area (Å²) in [6, 6.07) is 13.0. The average Bonchev–Trinajstić information content (AvgIpc) is 3.52. The fourth-order valence-corrected chi connectivity index (χ4v) is 4.08. The highest BCUT2D eigenvalue weighted by molar-refractivity contribution is 6.04. The predicted octanol–water partition coefficient (Wildman–Crippen LogP) is 3.47. The van der Waals surface area contributed by atoms with E-state index in [2.05, 4.69) is 20.3 Å². The summed E-state index contributed by atoms with van der Waals surface area (Å²) in [4.78, 5) is 25.3. The largest absolute Gasteiger partial charge is 0.443 e. The van der Waals surface area contributed by atoms with Gasteiger partial charge in [0.05, 0.1) is 17.1 Å². The van der Waals surface area contributed by atoms with E-state index in [-0.39, 0.29) is 5.91 Å². The number of fused-ring (bicyclic) bond motifs is 2. The van der Waals surface area contributed by atoms with E-state index < -0.39 is 6.10 Å². The fraction of sp³-hybridized carbons (Fsp3) is 0.192. The molecule has 0 fully saturated rings. The highest BCUT2D eigenvalue weighted by Gasteiger charge is 2.18. The van der Waals surface area contributed by atoms with Crippen molar-refractivity contribution in [1.29, 1.82) is 0 Å². The van der Waals surface area contributed by atoms with Crippen molar-refractivity contribution in [2.24, 2.45) is 0 Å². The summed E-state index contributed by atoms with van der Waals surface area (Å²) in [6.07, 6.45) is 6.21. The fourth-order valence-electron chi connectivity index (χ4n) is 4.08. The van der Waals surface area contributed by atoms with Crippen LogP contribution in [-0.4, -0.2) is 41.9 Å². The van der Waals surface area contributed by atoms with Crippen molar-refractivity contribution in [1.82, 2.24) is 30.0 Å². The quantitative estimate of drug-likeness (QED) is 0.285. The van der Waals surface area contributed by atoms with Crippen LogP contribution < -0.4 is 11.1 Å². The number of allylic oxidation sites excluding steroid dienone is 1. The monoisotopic (exact) mass is 483 g/mol. The lowest BCUT2D eigenvalue weighted by molar-refractivity contribution is 0.0951. The normalized spacial score (nSPS) is 12.5. The minimum Gasteiger partial charge on any atom is -0.443 e. The van der Waals surface area contributed by atoms with Crippen LogP contribution in [0.25, 0.3) is 33.4 Å². The molecule has 2 aromatic carbocycles. The Balaban J connectivity index is 1.35. The summed E-state index contributed by atoms with van der Waals surface area (Å²) in [5.74, 6) is 0.101. The Kier molecular flexibility index (Phi) is 6.42. The maximum absolute atomic E-state index is 12.7. The number of nitrogens with two attached hydrogens (primary N) is 1. The number of para-hydroxylation sites is 1. The number of aromatic nitrogens is 5. The van der Waals surface area contributed by atoms with Gasteiger partial charge in [-0.05, 0) is 31.0 Å². The number of rotatable bonds is 8. The molecule has 182 valence electrons. The van der Waals surface area contributed by atoms with Gasteiger partial charge >= 0.3 is 0 Å². The average molecular weight is 484 g/mol. The summed E-state index contributed by atoms with van der Waals surface area (Å²) in [7, 11) is 0. The van der Waals surface area contributed by atoms with Crippen molar-refractivity contribution < 1.29 is 14.3 Å². The molecule has 1 atom stereocenters. The van der Waals surface area contributed by atoms with Crippen LogP contribution in [0.1, 0.15) is 29.3 Å². The Morgan fingerprint density at radius 3 is 2.83 bits per heavy atom. The molecule has 0 saturated heterocycles. The predicted molar refractivity (Wildman–Crippen MR) is 136 cm³/mol. The SMILES string of the molecule is C/C=C\C(O)CCn1nc(-c2ccc(CNC(=O)c3cccc4ncoc34)cc2)c2c(N)ncnc21. The maximum atomic E-state index is 12.7. The van der Waals surface area contributed by atoms with Crippen molar-refractivity contribution in [3.8, 4) is 11.3 Å². The number of aryl methyl sites for hydroxylation is 1. The van der Waals surface area contributed by atoms with Crippen LogP contribution in [0, 0.1) is 0 Å². The second-order valence-electron chi connectivity index (χ2n) is 8.30. The molecule has 1 unspecified atom stereocenters. The third-order valence-electron chi connectivity index (χ3n) is 5.89. The Morgan fingerprint density at radius 1 is 1.19 bits per heavy atom. The summed E-state index contributed by atoms with van der Waals surface area (Å²) in [6.45, 7) is 2.68. The second-order valence-corrected chi connectivity index (χ2v) is 8.30. The van der Waals surface area contributed by atoms with Gasteiger partial charge in [0.2, 0.25) is 0 Å². The molecule has 0 aliphatic heterocycles. The molecule has 10 heteroatoms. The highest BCUT2D eigenvalue weighted by Crippen LogP contribution is 2.30. The van der Waals surface area contributed by atoms with Gasteiger partial charge in [0.1, 0.15) is 23.4 Å². The number of anilines is 1. The van der Waals surface area contributed by atoms with Crippen LogP contribution in [0.4, 0.5) is 5.82 Å². The number of carbonyl (C=O) groups is 1. The molecule has 0 saturated carbocycles. The van der Waals surface area contributed by atoms with Crippen molar-refractivity contribution in [2.75, 3.05) is 5.73 Å². The molecule has 3 aromatic heterocycles. The molecule has 0 aliphatic carbocycles. The van der Waals surface area contributed by atoms with E-state index in [0.29, 0.717) is 58.7 Å². The molecule has 0 spiro atoms. The molecule has 4 N–H and O–H groups in total. The van der Waals surface area contributed by atoms with Crippen LogP contribution in [0.2, 0.25) is 0 Å². The molecule has 1 amide bonds. The number of aliphatic hydroxyl groups excluding tert-OH is 1. The maximum Gasteiger partial charge on any atom is 0.255 e. The van der Waals surface area contributed by atoms with Gasteiger partial charge in [-0.3, -0.25) is 4.79 Å². The number of oxazole rings is 1. The Bertz CT molecular complexity index is 1550. The first kappa shape index (κ1) is 23.2. The third kappa shape index (κ3) is 4.53. The number of amides is 1. The molecule has 5 aromatic rings. The van der Waals surface area contributed by atoms with Crippen molar-refractivity contribution in [3.05, 3.63) is 78.5 Å². The summed E-state index contributed by atoms with van der Waals surface area (Å²) >= 11 is 0. The van der Waals surface area contributed by atoms with Gasteiger partial charge in [-0.25, -0.2) is 19.6 Å². The molecule has 3 heterocycles. The summed E-state index contributed by atoms with van der Waals surface area (Å²) in [5.41, 5.74) is 10.8. The number of nitrogen functional groups attached to an aromatic ring is 1. The van der Waals surface area contributed by atoms with Crippen molar-refractivity contribution >= 4 is 33.9 Å². The molecular formula is C26H25N7O3. The van der Waals surface area contributed by atoms with E-state index >= 15 is 0 Å². The Morgan fingerprint density at radius 2 is 2.03 bits per heavy atom. The summed E-state index contributed by atoms with van der Waals surface area (Å²) in [5, 5.41) is 18.4. The smallest absolute Gasteiger partial charge is 0.255 e. The number of aliphatic hydroxyl groups is 1. The number of hydrogen-bond acceptors (Lipinski definition) is 8. The van der Waals surface area contributed by atoms with E-state index in [1.165, 1.54) is 12.7 Å². The van der Waals surface area contributed by atoms with Gasteiger partial charge in [-0.2, -0.15) is 5.10 Å². The molecule has 0 bridgehead atoms. The second kappa shape index (κ2) is 9.96. The minimum atomic E-state index is -0.567. The zero-order valence-electron chi connectivity index (χ0n) is 19.6. The van der Waals surface area contributed by atoms with E-state index in [0.717, 1.165) is 11.1 Å². The van der Waals surface area contributed by atoms with Crippen LogP contribution >= 0.6 is 0 Å². The number of benzene rings is 2. The lowest BCUT2D eigenvalue weighted by Crippen LogP contribution is -2.22. The minimum absolute atomic E-state index is 0.240. The molecule has 10 nitrogen and oxygen atoms in total. The standard InChI is InChI=1S/C26H25N7O3/c1-2-4-18(34)11-12-33-25-21(24(27)29-14-30-25)22(32-33)17-9-7-16(8-10-17)13-28-26(35)19-5-3-6-20-23(19)36-15-31-20/h2-10,14-15,18,34H,11-13H2,1H3,(H,28,35)(H2,27,29,30)/b4-2-. The van der Waals surface area contributed by atoms with Crippen LogP contribution in [0.5, 0.6) is 0 Å². The lowest BCUT2D eigenvalue weighted by Gasteiger charge is -2.07. The first-order chi connectivity index (χ1) is 17.5. The molecule has 0 aliphatic rings. The van der Waals surface area contributed by atoms with E-state index in [9.17, 15) is 9.90 Å². The van der Waals surface area contributed by atoms with Gasteiger partial charge in [-0.15, -0.1) is 0 Å². The zero-order valence-corrected chi connectivity index (χ0v) is 19.6. The molecule has 0 radical (unpaired) electrons. The van der Waals surface area contributed by atoms with E-state index in [1.807, 2.05) is 37.3 Å². The number of nitrogens with one attached hydrogen (secondary N) is 1. The van der Waals surface area contributed by atoms with Crippen LogP contribution in [0.3, 0.4) is 0 Å². The number of carbonyl (C=O) groups excluding carboxylic acids is 1. The topological polar surface area (TPSA) is 145 Å². The Labute approximate surface area is 206 Å². The highest BCUT2D eigenvalue weighted by atomic mass is 16.3.